The fraction of sp³-hybridized carbons (Fsp3) is 0.300. The molecule has 1 saturated heterocycles. The number of rotatable bonds is 5. The highest BCUT2D eigenvalue weighted by Crippen LogP contribution is 2.32. The Kier molecular flexibility index (Phi) is 5.96. The molecule has 0 bridgehead atoms. The molecule has 2 aromatic rings. The van der Waals surface area contributed by atoms with Crippen LogP contribution in [0.5, 0.6) is 0 Å². The lowest BCUT2D eigenvalue weighted by molar-refractivity contribution is -0.384. The van der Waals surface area contributed by atoms with Crippen LogP contribution in [0.1, 0.15) is 11.1 Å². The molecule has 1 N–H and O–H groups in total. The Balaban J connectivity index is 1.74. The number of carbonyl (C=O) groups excluding carboxylic acids is 1. The maximum absolute atomic E-state index is 12.4. The summed E-state index contributed by atoms with van der Waals surface area (Å²) in [6.45, 7) is 2.02. The second-order valence-electron chi connectivity index (χ2n) is 6.78. The molecular formula is C20H21N3O6. The van der Waals surface area contributed by atoms with Crippen molar-refractivity contribution < 1.29 is 24.4 Å². The van der Waals surface area contributed by atoms with E-state index in [9.17, 15) is 24.8 Å². The lowest BCUT2D eigenvalue weighted by Gasteiger charge is -2.39. The van der Waals surface area contributed by atoms with Crippen molar-refractivity contribution in [1.29, 1.82) is 0 Å². The van der Waals surface area contributed by atoms with E-state index in [1.54, 1.807) is 19.1 Å². The Hall–Kier alpha value is -3.62. The number of nitro benzene ring substituents is 1. The van der Waals surface area contributed by atoms with Crippen LogP contribution in [0, 0.1) is 17.0 Å². The van der Waals surface area contributed by atoms with Crippen LogP contribution < -0.4 is 4.90 Å². The Morgan fingerprint density at radius 3 is 2.59 bits per heavy atom. The van der Waals surface area contributed by atoms with Gasteiger partial charge in [0.2, 0.25) is 0 Å². The van der Waals surface area contributed by atoms with Crippen molar-refractivity contribution in [2.24, 2.45) is 0 Å². The fourth-order valence-corrected chi connectivity index (χ4v) is 3.28. The van der Waals surface area contributed by atoms with Crippen LogP contribution in [0.15, 0.2) is 48.5 Å². The van der Waals surface area contributed by atoms with Gasteiger partial charge in [-0.1, -0.05) is 36.4 Å². The molecule has 1 fully saturated rings. The quantitative estimate of drug-likeness (QED) is 0.607. The number of amides is 1. The van der Waals surface area contributed by atoms with Gasteiger partial charge in [0.05, 0.1) is 11.5 Å². The summed E-state index contributed by atoms with van der Waals surface area (Å²) in [6.07, 6.45) is -0.613. The van der Waals surface area contributed by atoms with Crippen molar-refractivity contribution in [2.75, 3.05) is 24.5 Å². The minimum absolute atomic E-state index is 0.0844. The third-order valence-corrected chi connectivity index (χ3v) is 4.77. The van der Waals surface area contributed by atoms with Crippen molar-refractivity contribution >= 4 is 23.4 Å². The average Bonchev–Trinajstić information content (AvgIpc) is 2.72. The highest BCUT2D eigenvalue weighted by atomic mass is 16.6. The third kappa shape index (κ3) is 4.63. The maximum Gasteiger partial charge on any atom is 0.410 e. The van der Waals surface area contributed by atoms with Crippen molar-refractivity contribution in [1.82, 2.24) is 4.90 Å². The van der Waals surface area contributed by atoms with Gasteiger partial charge in [0.1, 0.15) is 18.3 Å². The largest absolute Gasteiger partial charge is 0.480 e. The topological polar surface area (TPSA) is 113 Å². The first-order valence-electron chi connectivity index (χ1n) is 9.07. The van der Waals surface area contributed by atoms with Gasteiger partial charge in [0, 0.05) is 19.2 Å². The van der Waals surface area contributed by atoms with Gasteiger partial charge in [-0.2, -0.15) is 0 Å². The van der Waals surface area contributed by atoms with Gasteiger partial charge >= 0.3 is 12.1 Å². The van der Waals surface area contributed by atoms with Gasteiger partial charge in [-0.15, -0.1) is 0 Å². The molecule has 1 unspecified atom stereocenters. The third-order valence-electron chi connectivity index (χ3n) is 4.77. The van der Waals surface area contributed by atoms with Crippen LogP contribution in [-0.4, -0.2) is 52.7 Å². The summed E-state index contributed by atoms with van der Waals surface area (Å²) in [5.41, 5.74) is 1.60. The van der Waals surface area contributed by atoms with E-state index in [1.807, 2.05) is 30.3 Å². The minimum Gasteiger partial charge on any atom is -0.480 e. The molecule has 1 atom stereocenters. The van der Waals surface area contributed by atoms with E-state index in [2.05, 4.69) is 0 Å². The van der Waals surface area contributed by atoms with E-state index < -0.39 is 23.0 Å². The Morgan fingerprint density at radius 2 is 1.93 bits per heavy atom. The number of piperazine rings is 1. The fourth-order valence-electron chi connectivity index (χ4n) is 3.28. The number of carbonyl (C=O) groups is 2. The molecular weight excluding hydrogens is 378 g/mol. The molecule has 0 radical (unpaired) electrons. The summed E-state index contributed by atoms with van der Waals surface area (Å²) in [6, 6.07) is 12.7. The van der Waals surface area contributed by atoms with E-state index in [0.29, 0.717) is 5.56 Å². The molecule has 0 aliphatic carbocycles. The van der Waals surface area contributed by atoms with Gasteiger partial charge in [0.15, 0.2) is 0 Å². The van der Waals surface area contributed by atoms with E-state index in [0.717, 1.165) is 5.56 Å². The number of nitro groups is 1. The van der Waals surface area contributed by atoms with Crippen LogP contribution in [0.2, 0.25) is 0 Å². The zero-order valence-electron chi connectivity index (χ0n) is 15.9. The number of carboxylic acid groups (broad SMARTS) is 1. The average molecular weight is 399 g/mol. The molecule has 1 aliphatic heterocycles. The lowest BCUT2D eigenvalue weighted by Crippen LogP contribution is -2.58. The highest BCUT2D eigenvalue weighted by molar-refractivity contribution is 5.82. The molecule has 29 heavy (non-hydrogen) atoms. The summed E-state index contributed by atoms with van der Waals surface area (Å²) < 4.78 is 5.28. The first kappa shape index (κ1) is 20.1. The zero-order chi connectivity index (χ0) is 21.0. The first-order chi connectivity index (χ1) is 13.9. The van der Waals surface area contributed by atoms with Gasteiger partial charge in [0.25, 0.3) is 5.69 Å². The first-order valence-corrected chi connectivity index (χ1v) is 9.07. The number of carboxylic acids is 1. The number of anilines is 1. The molecule has 9 nitrogen and oxygen atoms in total. The van der Waals surface area contributed by atoms with E-state index >= 15 is 0 Å². The predicted molar refractivity (Wildman–Crippen MR) is 105 cm³/mol. The number of ether oxygens (including phenoxy) is 1. The Labute approximate surface area is 167 Å². The highest BCUT2D eigenvalue weighted by Gasteiger charge is 2.37. The lowest BCUT2D eigenvalue weighted by atomic mass is 10.1. The molecule has 0 aromatic heterocycles. The second-order valence-corrected chi connectivity index (χ2v) is 6.78. The number of nitrogens with zero attached hydrogens (tertiary/aromatic N) is 3. The van der Waals surface area contributed by atoms with Crippen LogP contribution in [0.4, 0.5) is 16.2 Å². The van der Waals surface area contributed by atoms with Crippen molar-refractivity contribution in [2.45, 2.75) is 19.6 Å². The van der Waals surface area contributed by atoms with Crippen LogP contribution in [0.3, 0.4) is 0 Å². The summed E-state index contributed by atoms with van der Waals surface area (Å²) in [5, 5.41) is 21.1. The number of hydrogen-bond donors (Lipinski definition) is 1. The molecule has 1 heterocycles. The normalized spacial score (nSPS) is 16.4. The molecule has 152 valence electrons. The summed E-state index contributed by atoms with van der Waals surface area (Å²) >= 11 is 0. The molecule has 0 spiro atoms. The molecule has 0 saturated carbocycles. The van der Waals surface area contributed by atoms with Gasteiger partial charge in [-0.3, -0.25) is 10.1 Å². The van der Waals surface area contributed by atoms with Gasteiger partial charge in [-0.05, 0) is 24.1 Å². The van der Waals surface area contributed by atoms with E-state index in [4.69, 9.17) is 4.74 Å². The summed E-state index contributed by atoms with van der Waals surface area (Å²) in [4.78, 5) is 37.9. The molecule has 1 aliphatic rings. The number of aryl methyl sites for hydroxylation is 1. The maximum atomic E-state index is 12.4. The number of aliphatic carboxylic acids is 1. The minimum atomic E-state index is -1.17. The van der Waals surface area contributed by atoms with Crippen LogP contribution in [-0.2, 0) is 16.1 Å². The molecule has 9 heteroatoms. The molecule has 1 amide bonds. The van der Waals surface area contributed by atoms with E-state index in [-0.39, 0.29) is 37.6 Å². The zero-order valence-corrected chi connectivity index (χ0v) is 15.9. The van der Waals surface area contributed by atoms with Crippen molar-refractivity contribution in [3.63, 3.8) is 0 Å². The van der Waals surface area contributed by atoms with E-state index in [1.165, 1.54) is 15.9 Å². The van der Waals surface area contributed by atoms with Crippen LogP contribution >= 0.6 is 0 Å². The molecule has 3 rings (SSSR count). The Morgan fingerprint density at radius 1 is 1.21 bits per heavy atom. The monoisotopic (exact) mass is 399 g/mol. The second kappa shape index (κ2) is 8.59. The SMILES string of the molecule is Cc1ccc(N2CCN(C(=O)OCc3ccccc3)CC2C(=O)O)c([N+](=O)[O-])c1. The molecule has 2 aromatic carbocycles. The summed E-state index contributed by atoms with van der Waals surface area (Å²) in [7, 11) is 0. The van der Waals surface area contributed by atoms with Crippen LogP contribution in [0.25, 0.3) is 0 Å². The van der Waals surface area contributed by atoms with Crippen molar-refractivity contribution in [3.05, 3.63) is 69.8 Å². The smallest absolute Gasteiger partial charge is 0.410 e. The van der Waals surface area contributed by atoms with Gasteiger partial charge in [-0.25, -0.2) is 9.59 Å². The Bertz CT molecular complexity index is 918. The van der Waals surface area contributed by atoms with Gasteiger partial charge < -0.3 is 19.6 Å². The predicted octanol–water partition coefficient (Wildman–Crippen LogP) is 2.82. The number of hydrogen-bond acceptors (Lipinski definition) is 6. The summed E-state index contributed by atoms with van der Waals surface area (Å²) in [5.74, 6) is -1.17. The van der Waals surface area contributed by atoms with Crippen molar-refractivity contribution in [3.8, 4) is 0 Å². The standard InChI is InChI=1S/C20H21N3O6/c1-14-7-8-16(17(11-14)23(27)28)22-10-9-21(12-18(22)19(24)25)20(26)29-13-15-5-3-2-4-6-15/h2-8,11,18H,9-10,12-13H2,1H3,(H,24,25). The number of benzene rings is 2.